The van der Waals surface area contributed by atoms with Crippen LogP contribution < -0.4 is 5.32 Å². The number of rotatable bonds is 5. The lowest BCUT2D eigenvalue weighted by Gasteiger charge is -2.30. The van der Waals surface area contributed by atoms with Gasteiger partial charge in [0.15, 0.2) is 0 Å². The first-order chi connectivity index (χ1) is 9.31. The minimum atomic E-state index is 0.691. The van der Waals surface area contributed by atoms with Crippen molar-refractivity contribution >= 4 is 0 Å². The molecule has 1 heteroatoms. The average Bonchev–Trinajstić information content (AvgIpc) is 3.27. The highest BCUT2D eigenvalue weighted by molar-refractivity contribution is 5.20. The molecule has 3 rings (SSSR count). The molecule has 1 aromatic carbocycles. The summed E-state index contributed by atoms with van der Waals surface area (Å²) in [5, 5.41) is 3.85. The second-order valence-electron chi connectivity index (χ2n) is 6.69. The molecule has 0 aromatic heterocycles. The molecule has 0 atom stereocenters. The van der Waals surface area contributed by atoms with E-state index in [2.05, 4.69) is 42.6 Å². The highest BCUT2D eigenvalue weighted by Gasteiger charge is 2.40. The van der Waals surface area contributed by atoms with Crippen LogP contribution in [0.15, 0.2) is 30.3 Å². The Kier molecular flexibility index (Phi) is 3.93. The Morgan fingerprint density at radius 2 is 1.74 bits per heavy atom. The molecule has 0 bridgehead atoms. The Balaban J connectivity index is 1.45. The summed E-state index contributed by atoms with van der Waals surface area (Å²) in [6, 6.07) is 11.9. The minimum absolute atomic E-state index is 0.691. The third-order valence-corrected chi connectivity index (χ3v) is 5.47. The maximum atomic E-state index is 3.85. The van der Waals surface area contributed by atoms with Crippen molar-refractivity contribution in [1.82, 2.24) is 5.32 Å². The highest BCUT2D eigenvalue weighted by atomic mass is 14.9. The Hall–Kier alpha value is -0.820. The monoisotopic (exact) mass is 257 g/mol. The summed E-state index contributed by atoms with van der Waals surface area (Å²) >= 11 is 0. The van der Waals surface area contributed by atoms with E-state index < -0.39 is 0 Å². The lowest BCUT2D eigenvalue weighted by molar-refractivity contribution is 0.314. The minimum Gasteiger partial charge on any atom is -0.313 e. The van der Waals surface area contributed by atoms with Crippen molar-refractivity contribution in [3.8, 4) is 0 Å². The van der Waals surface area contributed by atoms with Crippen molar-refractivity contribution < 1.29 is 0 Å². The molecular weight excluding hydrogens is 230 g/mol. The summed E-state index contributed by atoms with van der Waals surface area (Å²) in [5.41, 5.74) is 2.24. The van der Waals surface area contributed by atoms with Gasteiger partial charge in [-0.2, -0.15) is 0 Å². The lowest BCUT2D eigenvalue weighted by atomic mass is 9.81. The summed E-state index contributed by atoms with van der Waals surface area (Å²) in [4.78, 5) is 0. The van der Waals surface area contributed by atoms with Gasteiger partial charge in [-0.05, 0) is 61.8 Å². The van der Waals surface area contributed by atoms with E-state index >= 15 is 0 Å². The zero-order valence-electron chi connectivity index (χ0n) is 12.2. The molecule has 0 unspecified atom stereocenters. The molecule has 1 aromatic rings. The SMILES string of the molecule is CCC1(CNC2CCC(c3ccccc3)CC2)CC1. The van der Waals surface area contributed by atoms with Crippen LogP contribution in [-0.2, 0) is 0 Å². The average molecular weight is 257 g/mol. The van der Waals surface area contributed by atoms with E-state index in [4.69, 9.17) is 0 Å². The van der Waals surface area contributed by atoms with Gasteiger partial charge in [-0.25, -0.2) is 0 Å². The van der Waals surface area contributed by atoms with E-state index in [-0.39, 0.29) is 0 Å². The van der Waals surface area contributed by atoms with E-state index in [1.807, 2.05) is 0 Å². The highest BCUT2D eigenvalue weighted by Crippen LogP contribution is 2.48. The van der Waals surface area contributed by atoms with Crippen LogP contribution in [0.2, 0.25) is 0 Å². The van der Waals surface area contributed by atoms with Crippen LogP contribution in [-0.4, -0.2) is 12.6 Å². The molecule has 2 saturated carbocycles. The molecule has 0 saturated heterocycles. The van der Waals surface area contributed by atoms with Crippen LogP contribution in [0.1, 0.15) is 63.4 Å². The van der Waals surface area contributed by atoms with E-state index in [0.29, 0.717) is 5.41 Å². The van der Waals surface area contributed by atoms with Gasteiger partial charge in [0, 0.05) is 12.6 Å². The molecule has 2 fully saturated rings. The third kappa shape index (κ3) is 3.20. The molecule has 0 amide bonds. The summed E-state index contributed by atoms with van der Waals surface area (Å²) in [5.74, 6) is 0.806. The fourth-order valence-electron chi connectivity index (χ4n) is 3.55. The quantitative estimate of drug-likeness (QED) is 0.819. The van der Waals surface area contributed by atoms with E-state index in [1.54, 1.807) is 5.56 Å². The van der Waals surface area contributed by atoms with Crippen molar-refractivity contribution in [2.45, 2.75) is 63.8 Å². The van der Waals surface area contributed by atoms with Crippen molar-refractivity contribution in [3.63, 3.8) is 0 Å². The van der Waals surface area contributed by atoms with Gasteiger partial charge in [-0.15, -0.1) is 0 Å². The first kappa shape index (κ1) is 13.2. The standard InChI is InChI=1S/C18H27N/c1-2-18(12-13-18)14-19-17-10-8-16(9-11-17)15-6-4-3-5-7-15/h3-7,16-17,19H,2,8-14H2,1H3. The second-order valence-corrected chi connectivity index (χ2v) is 6.69. The van der Waals surface area contributed by atoms with Gasteiger partial charge in [-0.3, -0.25) is 0 Å². The maximum Gasteiger partial charge on any atom is 0.00677 e. The van der Waals surface area contributed by atoms with Crippen LogP contribution in [0.4, 0.5) is 0 Å². The van der Waals surface area contributed by atoms with Gasteiger partial charge < -0.3 is 5.32 Å². The Labute approximate surface area is 117 Å². The van der Waals surface area contributed by atoms with Crippen LogP contribution >= 0.6 is 0 Å². The molecule has 0 radical (unpaired) electrons. The van der Waals surface area contributed by atoms with Crippen LogP contribution in [0.25, 0.3) is 0 Å². The number of benzene rings is 1. The van der Waals surface area contributed by atoms with E-state index in [0.717, 1.165) is 12.0 Å². The number of hydrogen-bond acceptors (Lipinski definition) is 1. The summed E-state index contributed by atoms with van der Waals surface area (Å²) in [7, 11) is 0. The van der Waals surface area contributed by atoms with E-state index in [9.17, 15) is 0 Å². The van der Waals surface area contributed by atoms with Crippen LogP contribution in [0.5, 0.6) is 0 Å². The molecule has 0 aliphatic heterocycles. The molecule has 2 aliphatic carbocycles. The second kappa shape index (κ2) is 5.66. The predicted octanol–water partition coefficient (Wildman–Crippen LogP) is 4.49. The predicted molar refractivity (Wildman–Crippen MR) is 81.4 cm³/mol. The van der Waals surface area contributed by atoms with Crippen molar-refractivity contribution in [1.29, 1.82) is 0 Å². The van der Waals surface area contributed by atoms with Crippen molar-refractivity contribution in [3.05, 3.63) is 35.9 Å². The number of nitrogens with one attached hydrogen (secondary N) is 1. The van der Waals surface area contributed by atoms with Crippen molar-refractivity contribution in [2.75, 3.05) is 6.54 Å². The van der Waals surface area contributed by atoms with Gasteiger partial charge in [-0.1, -0.05) is 37.3 Å². The van der Waals surface area contributed by atoms with Crippen molar-refractivity contribution in [2.24, 2.45) is 5.41 Å². The van der Waals surface area contributed by atoms with Gasteiger partial charge in [0.25, 0.3) is 0 Å². The topological polar surface area (TPSA) is 12.0 Å². The molecule has 104 valence electrons. The summed E-state index contributed by atoms with van der Waals surface area (Å²) < 4.78 is 0. The Morgan fingerprint density at radius 3 is 2.32 bits per heavy atom. The molecule has 0 heterocycles. The fraction of sp³-hybridized carbons (Fsp3) is 0.667. The van der Waals surface area contributed by atoms with Gasteiger partial charge in [0.1, 0.15) is 0 Å². The number of hydrogen-bond donors (Lipinski definition) is 1. The molecule has 2 aliphatic rings. The first-order valence-corrected chi connectivity index (χ1v) is 8.10. The summed E-state index contributed by atoms with van der Waals surface area (Å²) in [6.07, 6.45) is 9.71. The molecule has 1 N–H and O–H groups in total. The smallest absolute Gasteiger partial charge is 0.00677 e. The zero-order chi connectivity index (χ0) is 13.1. The first-order valence-electron chi connectivity index (χ1n) is 8.10. The molecule has 1 nitrogen and oxygen atoms in total. The van der Waals surface area contributed by atoms with E-state index in [1.165, 1.54) is 51.5 Å². The Bertz CT molecular complexity index is 385. The Morgan fingerprint density at radius 1 is 1.05 bits per heavy atom. The molecule has 0 spiro atoms. The van der Waals surface area contributed by atoms with Gasteiger partial charge in [0.05, 0.1) is 0 Å². The third-order valence-electron chi connectivity index (χ3n) is 5.47. The van der Waals surface area contributed by atoms with Crippen LogP contribution in [0.3, 0.4) is 0 Å². The maximum absolute atomic E-state index is 3.85. The molecule has 19 heavy (non-hydrogen) atoms. The normalized spacial score (nSPS) is 29.1. The van der Waals surface area contributed by atoms with Crippen LogP contribution in [0, 0.1) is 5.41 Å². The largest absolute Gasteiger partial charge is 0.313 e. The van der Waals surface area contributed by atoms with Gasteiger partial charge in [0.2, 0.25) is 0 Å². The summed E-state index contributed by atoms with van der Waals surface area (Å²) in [6.45, 7) is 3.62. The fourth-order valence-corrected chi connectivity index (χ4v) is 3.55. The molecular formula is C18H27N. The zero-order valence-corrected chi connectivity index (χ0v) is 12.2. The van der Waals surface area contributed by atoms with Gasteiger partial charge >= 0.3 is 0 Å². The lowest BCUT2D eigenvalue weighted by Crippen LogP contribution is -2.36.